The standard InChI is InChI=1S/C19H22FN3O2/c20-15-6-4-14(5-7-15)11-19(13-24)8-2-10-23(12-19)18-16(17(21)25)3-1-9-22-18/h1,3-7,9,24H,2,8,10-13H2,(H2,21,25)/t19-/m1/s1. The summed E-state index contributed by atoms with van der Waals surface area (Å²) in [6.45, 7) is 1.33. The summed E-state index contributed by atoms with van der Waals surface area (Å²) in [5.74, 6) is -0.222. The molecule has 0 saturated carbocycles. The zero-order chi connectivity index (χ0) is 17.9. The van der Waals surface area contributed by atoms with Gasteiger partial charge in [0.2, 0.25) is 0 Å². The Kier molecular flexibility index (Phi) is 4.99. The lowest BCUT2D eigenvalue weighted by Crippen LogP contribution is -2.47. The Bertz CT molecular complexity index is 751. The van der Waals surface area contributed by atoms with Crippen LogP contribution in [0.25, 0.3) is 0 Å². The van der Waals surface area contributed by atoms with Crippen LogP contribution in [0, 0.1) is 11.2 Å². The molecule has 5 nitrogen and oxygen atoms in total. The molecule has 1 fully saturated rings. The molecule has 0 aliphatic carbocycles. The van der Waals surface area contributed by atoms with E-state index in [1.165, 1.54) is 12.1 Å². The fraction of sp³-hybridized carbons (Fsp3) is 0.368. The fourth-order valence-corrected chi connectivity index (χ4v) is 3.59. The molecule has 1 saturated heterocycles. The minimum absolute atomic E-state index is 0.0135. The maximum Gasteiger partial charge on any atom is 0.252 e. The van der Waals surface area contributed by atoms with Crippen LogP contribution >= 0.6 is 0 Å². The Morgan fingerprint density at radius 1 is 1.32 bits per heavy atom. The molecule has 1 aromatic carbocycles. The minimum atomic E-state index is -0.512. The molecule has 0 unspecified atom stereocenters. The van der Waals surface area contributed by atoms with Gasteiger partial charge in [0.25, 0.3) is 5.91 Å². The van der Waals surface area contributed by atoms with Crippen molar-refractivity contribution in [3.63, 3.8) is 0 Å². The first-order valence-corrected chi connectivity index (χ1v) is 8.38. The van der Waals surface area contributed by atoms with E-state index in [1.54, 1.807) is 30.5 Å². The number of primary amides is 1. The Balaban J connectivity index is 1.85. The highest BCUT2D eigenvalue weighted by molar-refractivity contribution is 5.97. The Hall–Kier alpha value is -2.47. The molecule has 0 spiro atoms. The number of hydrogen-bond acceptors (Lipinski definition) is 4. The molecule has 132 valence electrons. The number of aliphatic hydroxyl groups excluding tert-OH is 1. The lowest BCUT2D eigenvalue weighted by molar-refractivity contribution is 0.0994. The number of nitrogens with zero attached hydrogens (tertiary/aromatic N) is 2. The molecule has 0 radical (unpaired) electrons. The predicted octanol–water partition coefficient (Wildman–Crippen LogP) is 2.14. The zero-order valence-corrected chi connectivity index (χ0v) is 14.0. The van der Waals surface area contributed by atoms with Crippen molar-refractivity contribution >= 4 is 11.7 Å². The van der Waals surface area contributed by atoms with Crippen LogP contribution < -0.4 is 10.6 Å². The van der Waals surface area contributed by atoms with E-state index in [2.05, 4.69) is 4.98 Å². The number of aliphatic hydroxyl groups is 1. The predicted molar refractivity (Wildman–Crippen MR) is 93.8 cm³/mol. The third-order valence-electron chi connectivity index (χ3n) is 4.84. The molecule has 1 aliphatic rings. The molecule has 3 N–H and O–H groups in total. The summed E-state index contributed by atoms with van der Waals surface area (Å²) in [5.41, 5.74) is 6.48. The van der Waals surface area contributed by atoms with Crippen LogP contribution in [0.15, 0.2) is 42.6 Å². The number of carbonyl (C=O) groups excluding carboxylic acids is 1. The highest BCUT2D eigenvalue weighted by Crippen LogP contribution is 2.35. The molecule has 1 amide bonds. The average Bonchev–Trinajstić information content (AvgIpc) is 2.64. The third kappa shape index (κ3) is 3.79. The maximum atomic E-state index is 13.1. The topological polar surface area (TPSA) is 79.5 Å². The van der Waals surface area contributed by atoms with Crippen molar-refractivity contribution in [2.24, 2.45) is 11.1 Å². The number of pyridine rings is 1. The van der Waals surface area contributed by atoms with E-state index in [0.717, 1.165) is 24.9 Å². The summed E-state index contributed by atoms with van der Waals surface area (Å²) in [6.07, 6.45) is 4.00. The summed E-state index contributed by atoms with van der Waals surface area (Å²) in [5, 5.41) is 10.1. The lowest BCUT2D eigenvalue weighted by Gasteiger charge is -2.43. The van der Waals surface area contributed by atoms with E-state index in [-0.39, 0.29) is 17.8 Å². The van der Waals surface area contributed by atoms with Gasteiger partial charge in [-0.15, -0.1) is 0 Å². The van der Waals surface area contributed by atoms with Crippen molar-refractivity contribution in [1.82, 2.24) is 4.98 Å². The Labute approximate surface area is 146 Å². The highest BCUT2D eigenvalue weighted by atomic mass is 19.1. The first-order chi connectivity index (χ1) is 12.0. The second-order valence-electron chi connectivity index (χ2n) is 6.73. The summed E-state index contributed by atoms with van der Waals surface area (Å²) >= 11 is 0. The molecule has 1 aromatic heterocycles. The Morgan fingerprint density at radius 2 is 2.08 bits per heavy atom. The minimum Gasteiger partial charge on any atom is -0.396 e. The number of anilines is 1. The van der Waals surface area contributed by atoms with Crippen molar-refractivity contribution < 1.29 is 14.3 Å². The van der Waals surface area contributed by atoms with Crippen molar-refractivity contribution in [2.45, 2.75) is 19.3 Å². The number of carbonyl (C=O) groups is 1. The van der Waals surface area contributed by atoms with Crippen LogP contribution in [0.1, 0.15) is 28.8 Å². The monoisotopic (exact) mass is 343 g/mol. The number of rotatable bonds is 5. The Morgan fingerprint density at radius 3 is 2.76 bits per heavy atom. The van der Waals surface area contributed by atoms with E-state index in [0.29, 0.717) is 24.3 Å². The molecule has 2 heterocycles. The fourth-order valence-electron chi connectivity index (χ4n) is 3.59. The van der Waals surface area contributed by atoms with Gasteiger partial charge in [0.15, 0.2) is 0 Å². The lowest BCUT2D eigenvalue weighted by atomic mass is 9.75. The first-order valence-electron chi connectivity index (χ1n) is 8.38. The van der Waals surface area contributed by atoms with Crippen molar-refractivity contribution in [3.8, 4) is 0 Å². The van der Waals surface area contributed by atoms with Crippen molar-refractivity contribution in [2.75, 3.05) is 24.6 Å². The van der Waals surface area contributed by atoms with Gasteiger partial charge in [-0.3, -0.25) is 4.79 Å². The normalized spacial score (nSPS) is 20.5. The van der Waals surface area contributed by atoms with Gasteiger partial charge in [0.05, 0.1) is 12.2 Å². The van der Waals surface area contributed by atoms with E-state index in [1.807, 2.05) is 4.90 Å². The molecule has 25 heavy (non-hydrogen) atoms. The average molecular weight is 343 g/mol. The number of amides is 1. The largest absolute Gasteiger partial charge is 0.396 e. The number of piperidine rings is 1. The number of aromatic nitrogens is 1. The number of benzene rings is 1. The molecule has 1 aliphatic heterocycles. The number of nitrogens with two attached hydrogens (primary N) is 1. The van der Waals surface area contributed by atoms with Gasteiger partial charge in [0.1, 0.15) is 11.6 Å². The van der Waals surface area contributed by atoms with Crippen LogP contribution in [0.2, 0.25) is 0 Å². The van der Waals surface area contributed by atoms with Crippen LogP contribution in [0.5, 0.6) is 0 Å². The number of halogens is 1. The van der Waals surface area contributed by atoms with Gasteiger partial charge >= 0.3 is 0 Å². The van der Waals surface area contributed by atoms with Gasteiger partial charge in [-0.2, -0.15) is 0 Å². The maximum absolute atomic E-state index is 13.1. The molecule has 1 atom stereocenters. The second-order valence-corrected chi connectivity index (χ2v) is 6.73. The van der Waals surface area contributed by atoms with Gasteiger partial charge in [-0.25, -0.2) is 9.37 Å². The van der Waals surface area contributed by atoms with Gasteiger partial charge < -0.3 is 15.7 Å². The molecular weight excluding hydrogens is 321 g/mol. The quantitative estimate of drug-likeness (QED) is 0.872. The van der Waals surface area contributed by atoms with Gasteiger partial charge in [-0.1, -0.05) is 12.1 Å². The van der Waals surface area contributed by atoms with Crippen LogP contribution in [-0.4, -0.2) is 35.7 Å². The first kappa shape index (κ1) is 17.4. The second kappa shape index (κ2) is 7.19. The zero-order valence-electron chi connectivity index (χ0n) is 14.0. The third-order valence-corrected chi connectivity index (χ3v) is 4.84. The molecule has 2 aromatic rings. The van der Waals surface area contributed by atoms with Crippen LogP contribution in [-0.2, 0) is 6.42 Å². The van der Waals surface area contributed by atoms with E-state index >= 15 is 0 Å². The van der Waals surface area contributed by atoms with Gasteiger partial charge in [0, 0.05) is 24.7 Å². The van der Waals surface area contributed by atoms with Gasteiger partial charge in [-0.05, 0) is 49.1 Å². The van der Waals surface area contributed by atoms with Crippen LogP contribution in [0.3, 0.4) is 0 Å². The van der Waals surface area contributed by atoms with E-state index in [4.69, 9.17) is 5.73 Å². The molecule has 0 bridgehead atoms. The van der Waals surface area contributed by atoms with Crippen LogP contribution in [0.4, 0.5) is 10.2 Å². The summed E-state index contributed by atoms with van der Waals surface area (Å²) in [4.78, 5) is 18.0. The highest BCUT2D eigenvalue weighted by Gasteiger charge is 2.36. The van der Waals surface area contributed by atoms with E-state index in [9.17, 15) is 14.3 Å². The molecule has 3 rings (SSSR count). The van der Waals surface area contributed by atoms with E-state index < -0.39 is 5.91 Å². The molecule has 6 heteroatoms. The smallest absolute Gasteiger partial charge is 0.252 e. The SMILES string of the molecule is NC(=O)c1cccnc1N1CCC[C@@](CO)(Cc2ccc(F)cc2)C1. The van der Waals surface area contributed by atoms with Crippen molar-refractivity contribution in [3.05, 3.63) is 59.5 Å². The summed E-state index contributed by atoms with van der Waals surface area (Å²) < 4.78 is 13.1. The summed E-state index contributed by atoms with van der Waals surface area (Å²) in [7, 11) is 0. The molecular formula is C19H22FN3O2. The summed E-state index contributed by atoms with van der Waals surface area (Å²) in [6, 6.07) is 9.73. The number of hydrogen-bond donors (Lipinski definition) is 2. The van der Waals surface area contributed by atoms with Crippen molar-refractivity contribution in [1.29, 1.82) is 0 Å².